The lowest BCUT2D eigenvalue weighted by molar-refractivity contribution is 0.603. The Hall–Kier alpha value is -2.09. The fourth-order valence-electron chi connectivity index (χ4n) is 1.74. The van der Waals surface area contributed by atoms with Gasteiger partial charge >= 0.3 is 0 Å². The maximum Gasteiger partial charge on any atom is 0.226 e. The molecule has 0 fully saturated rings. The van der Waals surface area contributed by atoms with Gasteiger partial charge in [0.2, 0.25) is 5.71 Å². The van der Waals surface area contributed by atoms with Gasteiger partial charge in [-0.25, -0.2) is 4.98 Å². The van der Waals surface area contributed by atoms with Crippen molar-refractivity contribution in [2.75, 3.05) is 0 Å². The van der Waals surface area contributed by atoms with E-state index < -0.39 is 0 Å². The minimum Gasteiger partial charge on any atom is -0.446 e. The maximum atomic E-state index is 5.27. The molecule has 0 N–H and O–H groups in total. The lowest BCUT2D eigenvalue weighted by Crippen LogP contribution is -1.79. The van der Waals surface area contributed by atoms with E-state index in [0.29, 0.717) is 5.71 Å². The van der Waals surface area contributed by atoms with Gasteiger partial charge in [0, 0.05) is 11.6 Å². The summed E-state index contributed by atoms with van der Waals surface area (Å²) in [6, 6.07) is 14.2. The number of rotatable bonds is 1. The van der Waals surface area contributed by atoms with Gasteiger partial charge < -0.3 is 4.42 Å². The molecule has 72 valence electrons. The van der Waals surface area contributed by atoms with Crippen LogP contribution in [-0.2, 0) is 0 Å². The van der Waals surface area contributed by atoms with Gasteiger partial charge in [-0.3, -0.25) is 0 Å². The van der Waals surface area contributed by atoms with Crippen LogP contribution in [0.5, 0.6) is 0 Å². The standard InChI is InChI=1S/C13H9NO/c1-2-4-10(5-3-1)11-6-8-14-13-12(11)7-9-15-13/h1-9H. The number of benzene rings is 1. The van der Waals surface area contributed by atoms with Crippen molar-refractivity contribution >= 4 is 11.1 Å². The van der Waals surface area contributed by atoms with Gasteiger partial charge in [0.05, 0.1) is 6.26 Å². The summed E-state index contributed by atoms with van der Waals surface area (Å²) >= 11 is 0. The quantitative estimate of drug-likeness (QED) is 0.594. The van der Waals surface area contributed by atoms with Gasteiger partial charge in [0.15, 0.2) is 0 Å². The average Bonchev–Trinajstić information content (AvgIpc) is 2.78. The molecule has 3 aromatic rings. The number of fused-ring (bicyclic) bond motifs is 1. The van der Waals surface area contributed by atoms with Crippen LogP contribution >= 0.6 is 0 Å². The summed E-state index contributed by atoms with van der Waals surface area (Å²) in [6.45, 7) is 0. The Labute approximate surface area is 87.2 Å². The Bertz CT molecular complexity index is 584. The summed E-state index contributed by atoms with van der Waals surface area (Å²) in [4.78, 5) is 4.16. The largest absolute Gasteiger partial charge is 0.446 e. The minimum atomic E-state index is 0.691. The fourth-order valence-corrected chi connectivity index (χ4v) is 1.74. The maximum absolute atomic E-state index is 5.27. The molecule has 0 aliphatic rings. The molecule has 0 atom stereocenters. The molecule has 0 saturated carbocycles. The molecule has 15 heavy (non-hydrogen) atoms. The average molecular weight is 195 g/mol. The lowest BCUT2D eigenvalue weighted by atomic mass is 10.0. The van der Waals surface area contributed by atoms with Crippen LogP contribution in [0, 0.1) is 0 Å². The molecule has 0 aliphatic carbocycles. The van der Waals surface area contributed by atoms with Gasteiger partial charge in [-0.05, 0) is 23.3 Å². The first-order valence-corrected chi connectivity index (χ1v) is 4.83. The lowest BCUT2D eigenvalue weighted by Gasteiger charge is -2.01. The van der Waals surface area contributed by atoms with E-state index in [9.17, 15) is 0 Å². The van der Waals surface area contributed by atoms with Crippen molar-refractivity contribution in [1.29, 1.82) is 0 Å². The van der Waals surface area contributed by atoms with Crippen molar-refractivity contribution in [3.8, 4) is 11.1 Å². The first kappa shape index (κ1) is 8.24. The highest BCUT2D eigenvalue weighted by molar-refractivity contribution is 5.91. The molecule has 0 unspecified atom stereocenters. The molecule has 1 aromatic carbocycles. The summed E-state index contributed by atoms with van der Waals surface area (Å²) in [5, 5.41) is 1.06. The molecule has 2 heterocycles. The van der Waals surface area contributed by atoms with Crippen LogP contribution in [0.1, 0.15) is 0 Å². The number of nitrogens with zero attached hydrogens (tertiary/aromatic N) is 1. The first-order chi connectivity index (χ1) is 7.45. The monoisotopic (exact) mass is 195 g/mol. The SMILES string of the molecule is c1ccc(-c2ccnc3occc23)cc1. The van der Waals surface area contributed by atoms with Crippen LogP contribution in [0.15, 0.2) is 59.3 Å². The van der Waals surface area contributed by atoms with E-state index in [2.05, 4.69) is 17.1 Å². The van der Waals surface area contributed by atoms with Crippen LogP contribution < -0.4 is 0 Å². The van der Waals surface area contributed by atoms with Gasteiger partial charge in [-0.15, -0.1) is 0 Å². The van der Waals surface area contributed by atoms with Crippen LogP contribution in [0.25, 0.3) is 22.2 Å². The molecular formula is C13H9NO. The summed E-state index contributed by atoms with van der Waals surface area (Å²) in [7, 11) is 0. The Morgan fingerprint density at radius 3 is 2.67 bits per heavy atom. The summed E-state index contributed by atoms with van der Waals surface area (Å²) in [5.74, 6) is 0. The Kier molecular flexibility index (Phi) is 1.78. The molecule has 0 radical (unpaired) electrons. The minimum absolute atomic E-state index is 0.691. The fraction of sp³-hybridized carbons (Fsp3) is 0. The van der Waals surface area contributed by atoms with E-state index in [1.807, 2.05) is 30.3 Å². The van der Waals surface area contributed by atoms with E-state index in [1.165, 1.54) is 5.56 Å². The molecule has 2 nitrogen and oxygen atoms in total. The zero-order valence-corrected chi connectivity index (χ0v) is 8.05. The topological polar surface area (TPSA) is 26.0 Å². The second-order valence-corrected chi connectivity index (χ2v) is 3.36. The molecular weight excluding hydrogens is 186 g/mol. The molecule has 2 aromatic heterocycles. The number of furan rings is 1. The second-order valence-electron chi connectivity index (χ2n) is 3.36. The first-order valence-electron chi connectivity index (χ1n) is 4.83. The molecule has 2 heteroatoms. The summed E-state index contributed by atoms with van der Waals surface area (Å²) in [5.41, 5.74) is 3.04. The third-order valence-corrected chi connectivity index (χ3v) is 2.45. The van der Waals surface area contributed by atoms with Crippen molar-refractivity contribution in [2.45, 2.75) is 0 Å². The van der Waals surface area contributed by atoms with Gasteiger partial charge in [-0.1, -0.05) is 30.3 Å². The van der Waals surface area contributed by atoms with Crippen molar-refractivity contribution in [1.82, 2.24) is 4.98 Å². The predicted octanol–water partition coefficient (Wildman–Crippen LogP) is 3.49. The third-order valence-electron chi connectivity index (χ3n) is 2.45. The number of pyridine rings is 1. The highest BCUT2D eigenvalue weighted by Crippen LogP contribution is 2.27. The van der Waals surface area contributed by atoms with Crippen molar-refractivity contribution in [2.24, 2.45) is 0 Å². The Morgan fingerprint density at radius 2 is 1.80 bits per heavy atom. The summed E-state index contributed by atoms with van der Waals surface area (Å²) < 4.78 is 5.27. The van der Waals surface area contributed by atoms with E-state index in [4.69, 9.17) is 4.42 Å². The number of hydrogen-bond donors (Lipinski definition) is 0. The molecule has 0 amide bonds. The van der Waals surface area contributed by atoms with Gasteiger partial charge in [0.25, 0.3) is 0 Å². The normalized spacial score (nSPS) is 10.7. The van der Waals surface area contributed by atoms with E-state index >= 15 is 0 Å². The van der Waals surface area contributed by atoms with Crippen molar-refractivity contribution in [3.63, 3.8) is 0 Å². The second kappa shape index (κ2) is 3.24. The van der Waals surface area contributed by atoms with Gasteiger partial charge in [-0.2, -0.15) is 0 Å². The highest BCUT2D eigenvalue weighted by atomic mass is 16.3. The zero-order chi connectivity index (χ0) is 10.1. The van der Waals surface area contributed by atoms with Crippen LogP contribution in [-0.4, -0.2) is 4.98 Å². The number of hydrogen-bond acceptors (Lipinski definition) is 2. The van der Waals surface area contributed by atoms with Crippen molar-refractivity contribution in [3.05, 3.63) is 54.9 Å². The van der Waals surface area contributed by atoms with Gasteiger partial charge in [0.1, 0.15) is 0 Å². The predicted molar refractivity (Wildman–Crippen MR) is 59.4 cm³/mol. The highest BCUT2D eigenvalue weighted by Gasteiger charge is 2.05. The van der Waals surface area contributed by atoms with Crippen LogP contribution in [0.2, 0.25) is 0 Å². The molecule has 3 rings (SSSR count). The molecule has 0 bridgehead atoms. The zero-order valence-electron chi connectivity index (χ0n) is 8.05. The molecule has 0 aliphatic heterocycles. The summed E-state index contributed by atoms with van der Waals surface area (Å²) in [6.07, 6.45) is 3.44. The van der Waals surface area contributed by atoms with Crippen molar-refractivity contribution < 1.29 is 4.42 Å². The number of aromatic nitrogens is 1. The Balaban J connectivity index is 2.31. The Morgan fingerprint density at radius 1 is 0.933 bits per heavy atom. The molecule has 0 spiro atoms. The van der Waals surface area contributed by atoms with E-state index in [1.54, 1.807) is 12.5 Å². The van der Waals surface area contributed by atoms with E-state index in [0.717, 1.165) is 10.9 Å². The smallest absolute Gasteiger partial charge is 0.226 e. The van der Waals surface area contributed by atoms with E-state index in [-0.39, 0.29) is 0 Å². The third kappa shape index (κ3) is 1.31. The van der Waals surface area contributed by atoms with Crippen LogP contribution in [0.3, 0.4) is 0 Å². The molecule has 0 saturated heterocycles. The van der Waals surface area contributed by atoms with Crippen LogP contribution in [0.4, 0.5) is 0 Å².